The third-order valence-corrected chi connectivity index (χ3v) is 3.14. The second-order valence-electron chi connectivity index (χ2n) is 4.28. The molecule has 0 atom stereocenters. The van der Waals surface area contributed by atoms with E-state index in [9.17, 15) is 15.2 Å². The van der Waals surface area contributed by atoms with Crippen LogP contribution in [0.4, 0.5) is 11.4 Å². The number of rotatable bonds is 3. The lowest BCUT2D eigenvalue weighted by atomic mass is 10.1. The average molecular weight is 236 g/mol. The van der Waals surface area contributed by atoms with Crippen LogP contribution in [0.3, 0.4) is 0 Å². The van der Waals surface area contributed by atoms with Crippen molar-refractivity contribution < 1.29 is 10.0 Å². The lowest BCUT2D eigenvalue weighted by Crippen LogP contribution is -2.30. The SMILES string of the molecule is O=[N+]([O-])c1ccc(N2CCCCC2)c(CO)c1. The Morgan fingerprint density at radius 2 is 2.00 bits per heavy atom. The van der Waals surface area contributed by atoms with E-state index in [2.05, 4.69) is 4.90 Å². The molecule has 0 aliphatic carbocycles. The number of anilines is 1. The number of aliphatic hydroxyl groups excluding tert-OH is 1. The zero-order valence-electron chi connectivity index (χ0n) is 9.63. The summed E-state index contributed by atoms with van der Waals surface area (Å²) in [5.74, 6) is 0. The van der Waals surface area contributed by atoms with Crippen LogP contribution in [0.2, 0.25) is 0 Å². The minimum absolute atomic E-state index is 0.0369. The summed E-state index contributed by atoms with van der Waals surface area (Å²) < 4.78 is 0. The van der Waals surface area contributed by atoms with E-state index in [1.54, 1.807) is 6.07 Å². The molecule has 0 amide bonds. The monoisotopic (exact) mass is 236 g/mol. The molecular weight excluding hydrogens is 220 g/mol. The minimum Gasteiger partial charge on any atom is -0.392 e. The van der Waals surface area contributed by atoms with Gasteiger partial charge in [-0.3, -0.25) is 10.1 Å². The first-order valence-electron chi connectivity index (χ1n) is 5.85. The highest BCUT2D eigenvalue weighted by Gasteiger charge is 2.16. The average Bonchev–Trinajstić information content (AvgIpc) is 2.39. The van der Waals surface area contributed by atoms with Gasteiger partial charge in [0.05, 0.1) is 11.5 Å². The van der Waals surface area contributed by atoms with Crippen LogP contribution >= 0.6 is 0 Å². The van der Waals surface area contributed by atoms with Crippen molar-refractivity contribution in [2.75, 3.05) is 18.0 Å². The molecule has 17 heavy (non-hydrogen) atoms. The van der Waals surface area contributed by atoms with Crippen LogP contribution < -0.4 is 4.90 Å². The third-order valence-electron chi connectivity index (χ3n) is 3.14. The van der Waals surface area contributed by atoms with Gasteiger partial charge in [-0.15, -0.1) is 0 Å². The zero-order valence-corrected chi connectivity index (χ0v) is 9.63. The van der Waals surface area contributed by atoms with Gasteiger partial charge < -0.3 is 10.0 Å². The molecule has 92 valence electrons. The topological polar surface area (TPSA) is 66.6 Å². The third kappa shape index (κ3) is 2.55. The molecule has 0 radical (unpaired) electrons. The number of aliphatic hydroxyl groups is 1. The molecule has 1 aromatic carbocycles. The number of hydrogen-bond acceptors (Lipinski definition) is 4. The summed E-state index contributed by atoms with van der Waals surface area (Å²) in [6.45, 7) is 1.77. The van der Waals surface area contributed by atoms with Crippen LogP contribution in [0, 0.1) is 10.1 Å². The molecule has 2 rings (SSSR count). The quantitative estimate of drug-likeness (QED) is 0.644. The first-order chi connectivity index (χ1) is 8.22. The zero-order chi connectivity index (χ0) is 12.3. The number of nitrogens with zero attached hydrogens (tertiary/aromatic N) is 2. The van der Waals surface area contributed by atoms with E-state index in [4.69, 9.17) is 0 Å². The molecule has 0 unspecified atom stereocenters. The van der Waals surface area contributed by atoms with Gasteiger partial charge in [0, 0.05) is 36.5 Å². The van der Waals surface area contributed by atoms with E-state index in [1.807, 2.05) is 0 Å². The summed E-state index contributed by atoms with van der Waals surface area (Å²) in [6, 6.07) is 4.71. The minimum atomic E-state index is -0.431. The molecule has 1 heterocycles. The number of benzene rings is 1. The predicted octanol–water partition coefficient (Wildman–Crippen LogP) is 2.08. The largest absolute Gasteiger partial charge is 0.392 e. The molecule has 0 aromatic heterocycles. The van der Waals surface area contributed by atoms with Gasteiger partial charge in [-0.05, 0) is 25.3 Å². The highest BCUT2D eigenvalue weighted by Crippen LogP contribution is 2.27. The first kappa shape index (κ1) is 11.9. The maximum absolute atomic E-state index is 10.7. The summed E-state index contributed by atoms with van der Waals surface area (Å²) in [5, 5.41) is 20.0. The molecule has 5 nitrogen and oxygen atoms in total. The van der Waals surface area contributed by atoms with Gasteiger partial charge in [0.25, 0.3) is 5.69 Å². The Morgan fingerprint density at radius 3 is 2.59 bits per heavy atom. The fourth-order valence-electron chi connectivity index (χ4n) is 2.26. The van der Waals surface area contributed by atoms with E-state index >= 15 is 0 Å². The van der Waals surface area contributed by atoms with E-state index in [-0.39, 0.29) is 12.3 Å². The van der Waals surface area contributed by atoms with Crippen molar-refractivity contribution >= 4 is 11.4 Å². The molecule has 1 aliphatic rings. The van der Waals surface area contributed by atoms with E-state index < -0.39 is 4.92 Å². The molecule has 0 saturated carbocycles. The summed E-state index contributed by atoms with van der Waals surface area (Å²) in [4.78, 5) is 12.4. The maximum atomic E-state index is 10.7. The first-order valence-corrected chi connectivity index (χ1v) is 5.85. The van der Waals surface area contributed by atoms with Gasteiger partial charge in [-0.1, -0.05) is 0 Å². The fraction of sp³-hybridized carbons (Fsp3) is 0.500. The smallest absolute Gasteiger partial charge is 0.269 e. The van der Waals surface area contributed by atoms with E-state index in [0.29, 0.717) is 5.56 Å². The van der Waals surface area contributed by atoms with Crippen LogP contribution in [0.5, 0.6) is 0 Å². The van der Waals surface area contributed by atoms with Crippen molar-refractivity contribution in [1.29, 1.82) is 0 Å². The van der Waals surface area contributed by atoms with Crippen LogP contribution in [-0.4, -0.2) is 23.1 Å². The van der Waals surface area contributed by atoms with Crippen LogP contribution in [0.1, 0.15) is 24.8 Å². The summed E-state index contributed by atoms with van der Waals surface area (Å²) in [6.07, 6.45) is 3.52. The van der Waals surface area contributed by atoms with E-state index in [1.165, 1.54) is 18.6 Å². The maximum Gasteiger partial charge on any atom is 0.269 e. The van der Waals surface area contributed by atoms with Crippen LogP contribution in [0.25, 0.3) is 0 Å². The lowest BCUT2D eigenvalue weighted by molar-refractivity contribution is -0.384. The Hall–Kier alpha value is -1.62. The molecule has 1 fully saturated rings. The van der Waals surface area contributed by atoms with Crippen molar-refractivity contribution in [2.24, 2.45) is 0 Å². The summed E-state index contributed by atoms with van der Waals surface area (Å²) >= 11 is 0. The van der Waals surface area contributed by atoms with Gasteiger partial charge in [-0.2, -0.15) is 0 Å². The Morgan fingerprint density at radius 1 is 1.29 bits per heavy atom. The molecule has 1 aromatic rings. The molecule has 1 N–H and O–H groups in total. The van der Waals surface area contributed by atoms with Crippen molar-refractivity contribution in [3.8, 4) is 0 Å². The van der Waals surface area contributed by atoms with Crippen molar-refractivity contribution in [3.63, 3.8) is 0 Å². The second-order valence-corrected chi connectivity index (χ2v) is 4.28. The lowest BCUT2D eigenvalue weighted by Gasteiger charge is -2.30. The van der Waals surface area contributed by atoms with Gasteiger partial charge in [0.2, 0.25) is 0 Å². The van der Waals surface area contributed by atoms with E-state index in [0.717, 1.165) is 31.6 Å². The fourth-order valence-corrected chi connectivity index (χ4v) is 2.26. The normalized spacial score (nSPS) is 15.9. The Labute approximate surface area is 99.8 Å². The number of nitro benzene ring substituents is 1. The van der Waals surface area contributed by atoms with Crippen molar-refractivity contribution in [1.82, 2.24) is 0 Å². The molecule has 1 saturated heterocycles. The van der Waals surface area contributed by atoms with Gasteiger partial charge in [0.1, 0.15) is 0 Å². The van der Waals surface area contributed by atoms with Crippen molar-refractivity contribution in [2.45, 2.75) is 25.9 Å². The number of hydrogen-bond donors (Lipinski definition) is 1. The van der Waals surface area contributed by atoms with Gasteiger partial charge in [0.15, 0.2) is 0 Å². The summed E-state index contributed by atoms with van der Waals surface area (Å²) in [5.41, 5.74) is 1.61. The van der Waals surface area contributed by atoms with Gasteiger partial charge in [-0.25, -0.2) is 0 Å². The standard InChI is InChI=1S/C12H16N2O3/c15-9-10-8-11(14(16)17)4-5-12(10)13-6-2-1-3-7-13/h4-5,8,15H,1-3,6-7,9H2. The number of non-ortho nitro benzene ring substituents is 1. The highest BCUT2D eigenvalue weighted by atomic mass is 16.6. The molecule has 5 heteroatoms. The second kappa shape index (κ2) is 5.14. The number of nitro groups is 1. The number of piperidine rings is 1. The molecule has 1 aliphatic heterocycles. The molecule has 0 spiro atoms. The Balaban J connectivity index is 2.29. The van der Waals surface area contributed by atoms with Gasteiger partial charge >= 0.3 is 0 Å². The Kier molecular flexibility index (Phi) is 3.58. The van der Waals surface area contributed by atoms with Crippen LogP contribution in [0.15, 0.2) is 18.2 Å². The molecule has 0 bridgehead atoms. The summed E-state index contributed by atoms with van der Waals surface area (Å²) in [7, 11) is 0. The predicted molar refractivity (Wildman–Crippen MR) is 65.1 cm³/mol. The van der Waals surface area contributed by atoms with Crippen molar-refractivity contribution in [3.05, 3.63) is 33.9 Å². The highest BCUT2D eigenvalue weighted by molar-refractivity contribution is 5.57. The Bertz CT molecular complexity index is 414. The molecular formula is C12H16N2O3. The van der Waals surface area contributed by atoms with Crippen LogP contribution in [-0.2, 0) is 6.61 Å².